The topological polar surface area (TPSA) is 69.9 Å². The van der Waals surface area contributed by atoms with Gasteiger partial charge in [-0.1, -0.05) is 30.0 Å². The van der Waals surface area contributed by atoms with E-state index < -0.39 is 0 Å². The van der Waals surface area contributed by atoms with Crippen LogP contribution in [-0.4, -0.2) is 31.7 Å². The second-order valence-electron chi connectivity index (χ2n) is 5.79. The average molecular weight is 352 g/mol. The van der Waals surface area contributed by atoms with Gasteiger partial charge in [-0.15, -0.1) is 5.10 Å². The molecular formula is C18H16N4O2S. The number of thioether (sulfide) groups is 1. The van der Waals surface area contributed by atoms with E-state index >= 15 is 0 Å². The smallest absolute Gasteiger partial charge is 0.210 e. The Morgan fingerprint density at radius 1 is 1.08 bits per heavy atom. The van der Waals surface area contributed by atoms with Gasteiger partial charge >= 0.3 is 0 Å². The van der Waals surface area contributed by atoms with Gasteiger partial charge in [-0.05, 0) is 59.7 Å². The summed E-state index contributed by atoms with van der Waals surface area (Å²) in [6, 6.07) is 17.1. The lowest BCUT2D eigenvalue weighted by atomic mass is 10.1. The zero-order valence-electron chi connectivity index (χ0n) is 13.4. The Hall–Kier alpha value is -2.67. The van der Waals surface area contributed by atoms with Crippen LogP contribution in [-0.2, 0) is 0 Å². The van der Waals surface area contributed by atoms with Crippen LogP contribution >= 0.6 is 11.8 Å². The lowest BCUT2D eigenvalue weighted by Crippen LogP contribution is -2.05. The molecule has 0 saturated heterocycles. The van der Waals surface area contributed by atoms with Crippen molar-refractivity contribution >= 4 is 17.5 Å². The minimum absolute atomic E-state index is 0.0432. The van der Waals surface area contributed by atoms with Gasteiger partial charge in [0.1, 0.15) is 11.5 Å². The van der Waals surface area contributed by atoms with Crippen LogP contribution < -0.4 is 4.74 Å². The molecule has 0 aliphatic heterocycles. The van der Waals surface area contributed by atoms with Crippen LogP contribution in [0.1, 0.15) is 29.2 Å². The zero-order chi connectivity index (χ0) is 17.1. The Kier molecular flexibility index (Phi) is 4.47. The van der Waals surface area contributed by atoms with Gasteiger partial charge in [0, 0.05) is 5.56 Å². The molecule has 7 heteroatoms. The van der Waals surface area contributed by atoms with E-state index in [2.05, 4.69) is 15.5 Å². The van der Waals surface area contributed by atoms with Gasteiger partial charge in [0.15, 0.2) is 5.78 Å². The summed E-state index contributed by atoms with van der Waals surface area (Å²) in [5.74, 6) is 1.82. The Morgan fingerprint density at radius 3 is 2.52 bits per heavy atom. The first kappa shape index (κ1) is 15.8. The van der Waals surface area contributed by atoms with Crippen molar-refractivity contribution in [1.82, 2.24) is 20.2 Å². The monoisotopic (exact) mass is 352 g/mol. The third-order valence-electron chi connectivity index (χ3n) is 3.84. The quantitative estimate of drug-likeness (QED) is 0.476. The molecule has 4 rings (SSSR count). The Labute approximate surface area is 149 Å². The Balaban J connectivity index is 1.36. The molecule has 1 aromatic heterocycles. The van der Waals surface area contributed by atoms with E-state index in [1.807, 2.05) is 35.0 Å². The average Bonchev–Trinajstić information content (AvgIpc) is 3.39. The van der Waals surface area contributed by atoms with Crippen molar-refractivity contribution in [3.05, 3.63) is 60.2 Å². The number of benzene rings is 2. The number of para-hydroxylation sites is 1. The standard InChI is InChI=1S/C18H16N4O2S/c23-17(12-25-18-19-20-21-22(18)14-8-9-14)13-6-10-16(11-7-13)24-15-4-2-1-3-5-15/h1-7,10-11,14H,8-9,12H2. The number of carbonyl (C=O) groups is 1. The molecular weight excluding hydrogens is 336 g/mol. The summed E-state index contributed by atoms with van der Waals surface area (Å²) in [6.07, 6.45) is 2.21. The highest BCUT2D eigenvalue weighted by Crippen LogP contribution is 2.36. The fraction of sp³-hybridized carbons (Fsp3) is 0.222. The molecule has 1 aliphatic rings. The molecule has 0 unspecified atom stereocenters. The van der Waals surface area contributed by atoms with Crippen LogP contribution in [0.25, 0.3) is 0 Å². The minimum atomic E-state index is 0.0432. The van der Waals surface area contributed by atoms with Gasteiger partial charge in [0.2, 0.25) is 5.16 Å². The normalized spacial score (nSPS) is 13.6. The molecule has 126 valence electrons. The molecule has 1 aliphatic carbocycles. The lowest BCUT2D eigenvalue weighted by Gasteiger charge is -2.06. The van der Waals surface area contributed by atoms with Crippen LogP contribution in [0.3, 0.4) is 0 Å². The summed E-state index contributed by atoms with van der Waals surface area (Å²) in [5, 5.41) is 12.4. The summed E-state index contributed by atoms with van der Waals surface area (Å²) in [6.45, 7) is 0. The van der Waals surface area contributed by atoms with Gasteiger partial charge in [0.05, 0.1) is 11.8 Å². The van der Waals surface area contributed by atoms with Crippen molar-refractivity contribution in [2.24, 2.45) is 0 Å². The van der Waals surface area contributed by atoms with E-state index in [0.29, 0.717) is 28.3 Å². The van der Waals surface area contributed by atoms with E-state index in [4.69, 9.17) is 4.74 Å². The maximum Gasteiger partial charge on any atom is 0.210 e. The molecule has 0 spiro atoms. The van der Waals surface area contributed by atoms with Gasteiger partial charge in [-0.25, -0.2) is 4.68 Å². The number of carbonyl (C=O) groups excluding carboxylic acids is 1. The first-order valence-corrected chi connectivity index (χ1v) is 9.05. The molecule has 1 heterocycles. The summed E-state index contributed by atoms with van der Waals surface area (Å²) < 4.78 is 7.55. The second-order valence-corrected chi connectivity index (χ2v) is 6.73. The van der Waals surface area contributed by atoms with Gasteiger partial charge in [0.25, 0.3) is 0 Å². The number of hydrogen-bond acceptors (Lipinski definition) is 6. The van der Waals surface area contributed by atoms with Crippen LogP contribution in [0, 0.1) is 0 Å². The predicted molar refractivity (Wildman–Crippen MR) is 94.1 cm³/mol. The number of aromatic nitrogens is 4. The molecule has 0 radical (unpaired) electrons. The van der Waals surface area contributed by atoms with E-state index in [9.17, 15) is 4.79 Å². The van der Waals surface area contributed by atoms with Gasteiger partial charge in [-0.3, -0.25) is 4.79 Å². The molecule has 0 bridgehead atoms. The minimum Gasteiger partial charge on any atom is -0.457 e. The van der Waals surface area contributed by atoms with Crippen LogP contribution in [0.15, 0.2) is 59.8 Å². The van der Waals surface area contributed by atoms with Crippen molar-refractivity contribution in [2.75, 3.05) is 5.75 Å². The van der Waals surface area contributed by atoms with Gasteiger partial charge < -0.3 is 4.74 Å². The first-order chi connectivity index (χ1) is 12.3. The Morgan fingerprint density at radius 2 is 1.80 bits per heavy atom. The number of Topliss-reactive ketones (excluding diaryl/α,β-unsaturated/α-hetero) is 1. The predicted octanol–water partition coefficient (Wildman–Crippen LogP) is 3.78. The fourth-order valence-corrected chi connectivity index (χ4v) is 3.21. The number of nitrogens with zero attached hydrogens (tertiary/aromatic N) is 4. The van der Waals surface area contributed by atoms with Crippen molar-refractivity contribution in [3.63, 3.8) is 0 Å². The van der Waals surface area contributed by atoms with Crippen LogP contribution in [0.2, 0.25) is 0 Å². The lowest BCUT2D eigenvalue weighted by molar-refractivity contribution is 0.102. The highest BCUT2D eigenvalue weighted by atomic mass is 32.2. The first-order valence-electron chi connectivity index (χ1n) is 8.06. The maximum atomic E-state index is 12.4. The number of rotatable bonds is 7. The molecule has 2 aromatic carbocycles. The summed E-state index contributed by atoms with van der Waals surface area (Å²) in [7, 11) is 0. The summed E-state index contributed by atoms with van der Waals surface area (Å²) in [5.41, 5.74) is 0.651. The fourth-order valence-electron chi connectivity index (χ4n) is 2.38. The number of ketones is 1. The van der Waals surface area contributed by atoms with Crippen LogP contribution in [0.4, 0.5) is 0 Å². The van der Waals surface area contributed by atoms with E-state index in [0.717, 1.165) is 18.6 Å². The maximum absolute atomic E-state index is 12.4. The molecule has 1 fully saturated rings. The summed E-state index contributed by atoms with van der Waals surface area (Å²) in [4.78, 5) is 12.4. The molecule has 6 nitrogen and oxygen atoms in total. The highest BCUT2D eigenvalue weighted by molar-refractivity contribution is 7.99. The van der Waals surface area contributed by atoms with Crippen LogP contribution in [0.5, 0.6) is 11.5 Å². The Bertz CT molecular complexity index is 860. The molecule has 3 aromatic rings. The SMILES string of the molecule is O=C(CSc1nnnn1C1CC1)c1ccc(Oc2ccccc2)cc1. The van der Waals surface area contributed by atoms with E-state index in [-0.39, 0.29) is 5.78 Å². The number of tetrazole rings is 1. The zero-order valence-corrected chi connectivity index (χ0v) is 14.2. The second kappa shape index (κ2) is 7.06. The molecule has 1 saturated carbocycles. The van der Waals surface area contributed by atoms with E-state index in [1.165, 1.54) is 11.8 Å². The third kappa shape index (κ3) is 3.88. The number of hydrogen-bond donors (Lipinski definition) is 0. The summed E-state index contributed by atoms with van der Waals surface area (Å²) >= 11 is 1.38. The van der Waals surface area contributed by atoms with E-state index in [1.54, 1.807) is 24.3 Å². The molecule has 0 atom stereocenters. The third-order valence-corrected chi connectivity index (χ3v) is 4.78. The molecule has 0 N–H and O–H groups in total. The van der Waals surface area contributed by atoms with Crippen molar-refractivity contribution < 1.29 is 9.53 Å². The van der Waals surface area contributed by atoms with Crippen molar-refractivity contribution in [3.8, 4) is 11.5 Å². The van der Waals surface area contributed by atoms with Crippen molar-refractivity contribution in [1.29, 1.82) is 0 Å². The molecule has 25 heavy (non-hydrogen) atoms. The highest BCUT2D eigenvalue weighted by Gasteiger charge is 2.28. The number of ether oxygens (including phenoxy) is 1. The largest absolute Gasteiger partial charge is 0.457 e. The molecule has 0 amide bonds. The van der Waals surface area contributed by atoms with Gasteiger partial charge in [-0.2, -0.15) is 0 Å². The van der Waals surface area contributed by atoms with Crippen molar-refractivity contribution in [2.45, 2.75) is 24.0 Å².